The smallest absolute Gasteiger partial charge is 0.119 e. The van der Waals surface area contributed by atoms with Gasteiger partial charge in [0.05, 0.1) is 12.1 Å². The molecule has 2 unspecified atom stereocenters. The van der Waals surface area contributed by atoms with Gasteiger partial charge in [-0.25, -0.2) is 0 Å². The number of ether oxygens (including phenoxy) is 1. The summed E-state index contributed by atoms with van der Waals surface area (Å²) >= 11 is 0. The zero-order valence-electron chi connectivity index (χ0n) is 10.0. The van der Waals surface area contributed by atoms with Gasteiger partial charge in [0.15, 0.2) is 0 Å². The molecule has 1 aromatic carbocycles. The molecule has 0 amide bonds. The van der Waals surface area contributed by atoms with Crippen LogP contribution in [0.3, 0.4) is 0 Å². The summed E-state index contributed by atoms with van der Waals surface area (Å²) in [7, 11) is 0. The van der Waals surface area contributed by atoms with Gasteiger partial charge in [-0.1, -0.05) is 17.7 Å². The molecule has 3 nitrogen and oxygen atoms in total. The van der Waals surface area contributed by atoms with Gasteiger partial charge >= 0.3 is 0 Å². The number of nitrogens with zero attached hydrogens (tertiary/aromatic N) is 1. The number of nitriles is 1. The van der Waals surface area contributed by atoms with E-state index in [9.17, 15) is 0 Å². The Kier molecular flexibility index (Phi) is 4.81. The lowest BCUT2D eigenvalue weighted by molar-refractivity contribution is 0.270. The van der Waals surface area contributed by atoms with Crippen LogP contribution in [0.2, 0.25) is 0 Å². The first-order valence-electron chi connectivity index (χ1n) is 5.47. The monoisotopic (exact) mass is 218 g/mol. The Morgan fingerprint density at radius 1 is 1.31 bits per heavy atom. The summed E-state index contributed by atoms with van der Waals surface area (Å²) in [6, 6.07) is 10.1. The number of hydrogen-bond acceptors (Lipinski definition) is 3. The molecule has 0 aliphatic rings. The van der Waals surface area contributed by atoms with Crippen molar-refractivity contribution in [1.82, 2.24) is 5.32 Å². The first-order chi connectivity index (χ1) is 7.61. The molecule has 0 aromatic heterocycles. The number of hydrogen-bond donors (Lipinski definition) is 1. The van der Waals surface area contributed by atoms with E-state index in [0.717, 1.165) is 5.75 Å². The third kappa shape index (κ3) is 4.33. The molecule has 0 aliphatic heterocycles. The van der Waals surface area contributed by atoms with Gasteiger partial charge in [0, 0.05) is 6.04 Å². The van der Waals surface area contributed by atoms with Crippen molar-refractivity contribution in [2.45, 2.75) is 32.9 Å². The van der Waals surface area contributed by atoms with Gasteiger partial charge in [0.1, 0.15) is 12.4 Å². The molecule has 3 heteroatoms. The van der Waals surface area contributed by atoms with Crippen molar-refractivity contribution in [1.29, 1.82) is 5.26 Å². The van der Waals surface area contributed by atoms with Crippen molar-refractivity contribution in [3.05, 3.63) is 29.8 Å². The van der Waals surface area contributed by atoms with E-state index in [1.807, 2.05) is 45.0 Å². The van der Waals surface area contributed by atoms with Gasteiger partial charge in [-0.2, -0.15) is 5.26 Å². The van der Waals surface area contributed by atoms with Gasteiger partial charge in [-0.3, -0.25) is 5.32 Å². The number of rotatable bonds is 5. The van der Waals surface area contributed by atoms with Crippen LogP contribution < -0.4 is 10.1 Å². The van der Waals surface area contributed by atoms with Crippen molar-refractivity contribution in [3.8, 4) is 11.8 Å². The Bertz CT molecular complexity index is 353. The minimum atomic E-state index is -0.142. The summed E-state index contributed by atoms with van der Waals surface area (Å²) in [5, 5.41) is 11.8. The molecule has 1 rings (SSSR count). The van der Waals surface area contributed by atoms with Gasteiger partial charge in [0.2, 0.25) is 0 Å². The zero-order chi connectivity index (χ0) is 12.0. The van der Waals surface area contributed by atoms with Crippen molar-refractivity contribution in [3.63, 3.8) is 0 Å². The van der Waals surface area contributed by atoms with E-state index in [1.54, 1.807) is 0 Å². The average molecular weight is 218 g/mol. The van der Waals surface area contributed by atoms with Crippen LogP contribution in [0.15, 0.2) is 24.3 Å². The second-order valence-corrected chi connectivity index (χ2v) is 4.04. The average Bonchev–Trinajstić information content (AvgIpc) is 2.28. The fourth-order valence-electron chi connectivity index (χ4n) is 1.37. The molecule has 0 bridgehead atoms. The molecular formula is C13H18N2O. The van der Waals surface area contributed by atoms with Gasteiger partial charge < -0.3 is 4.74 Å². The van der Waals surface area contributed by atoms with E-state index in [1.165, 1.54) is 5.56 Å². The number of aryl methyl sites for hydroxylation is 1. The van der Waals surface area contributed by atoms with Crippen LogP contribution in [-0.2, 0) is 0 Å². The third-order valence-corrected chi connectivity index (χ3v) is 2.25. The predicted molar refractivity (Wildman–Crippen MR) is 64.3 cm³/mol. The molecule has 0 saturated heterocycles. The van der Waals surface area contributed by atoms with Crippen LogP contribution in [0.25, 0.3) is 0 Å². The molecule has 2 atom stereocenters. The molecule has 0 aliphatic carbocycles. The van der Waals surface area contributed by atoms with E-state index in [2.05, 4.69) is 11.4 Å². The Morgan fingerprint density at radius 3 is 2.50 bits per heavy atom. The lowest BCUT2D eigenvalue weighted by Gasteiger charge is -2.16. The fraction of sp³-hybridized carbons (Fsp3) is 0.462. The predicted octanol–water partition coefficient (Wildman–Crippen LogP) is 2.26. The summed E-state index contributed by atoms with van der Waals surface area (Å²) in [5.41, 5.74) is 1.22. The Hall–Kier alpha value is -1.53. The minimum absolute atomic E-state index is 0.142. The maximum atomic E-state index is 8.65. The Balaban J connectivity index is 2.34. The van der Waals surface area contributed by atoms with Crippen LogP contribution in [0.5, 0.6) is 5.75 Å². The van der Waals surface area contributed by atoms with Gasteiger partial charge in [-0.05, 0) is 32.9 Å². The molecule has 0 fully saturated rings. The highest BCUT2D eigenvalue weighted by Gasteiger charge is 2.06. The molecule has 16 heavy (non-hydrogen) atoms. The lowest BCUT2D eigenvalue weighted by atomic mass is 10.2. The van der Waals surface area contributed by atoms with E-state index < -0.39 is 0 Å². The standard InChI is InChI=1S/C13H18N2O/c1-10-4-6-13(7-5-10)16-9-12(3)15-11(2)8-14/h4-7,11-12,15H,9H2,1-3H3. The number of nitrogens with one attached hydrogen (secondary N) is 1. The normalized spacial score (nSPS) is 13.9. The first kappa shape index (κ1) is 12.5. The molecule has 86 valence electrons. The largest absolute Gasteiger partial charge is 0.492 e. The maximum Gasteiger partial charge on any atom is 0.119 e. The second-order valence-electron chi connectivity index (χ2n) is 4.04. The van der Waals surface area contributed by atoms with Crippen LogP contribution in [0.1, 0.15) is 19.4 Å². The highest BCUT2D eigenvalue weighted by atomic mass is 16.5. The molecule has 0 heterocycles. The summed E-state index contributed by atoms with van der Waals surface area (Å²) in [6.45, 7) is 6.45. The lowest BCUT2D eigenvalue weighted by Crippen LogP contribution is -2.37. The summed E-state index contributed by atoms with van der Waals surface area (Å²) in [4.78, 5) is 0. The van der Waals surface area contributed by atoms with Gasteiger partial charge in [-0.15, -0.1) is 0 Å². The summed E-state index contributed by atoms with van der Waals surface area (Å²) < 4.78 is 5.60. The van der Waals surface area contributed by atoms with Crippen molar-refractivity contribution in [2.24, 2.45) is 0 Å². The first-order valence-corrected chi connectivity index (χ1v) is 5.47. The minimum Gasteiger partial charge on any atom is -0.492 e. The maximum absolute atomic E-state index is 8.65. The highest BCUT2D eigenvalue weighted by molar-refractivity contribution is 5.26. The SMILES string of the molecule is Cc1ccc(OCC(C)NC(C)C#N)cc1. The van der Waals surface area contributed by atoms with Crippen LogP contribution in [0.4, 0.5) is 0 Å². The van der Waals surface area contributed by atoms with Gasteiger partial charge in [0.25, 0.3) is 0 Å². The molecule has 0 saturated carbocycles. The van der Waals surface area contributed by atoms with E-state index in [0.29, 0.717) is 6.61 Å². The zero-order valence-corrected chi connectivity index (χ0v) is 10.0. The van der Waals surface area contributed by atoms with Crippen LogP contribution >= 0.6 is 0 Å². The van der Waals surface area contributed by atoms with Crippen molar-refractivity contribution < 1.29 is 4.74 Å². The Morgan fingerprint density at radius 2 is 1.94 bits per heavy atom. The quantitative estimate of drug-likeness (QED) is 0.824. The Labute approximate surface area is 97.0 Å². The van der Waals surface area contributed by atoms with Crippen LogP contribution in [0, 0.1) is 18.3 Å². The summed E-state index contributed by atoms with van der Waals surface area (Å²) in [6.07, 6.45) is 0. The van der Waals surface area contributed by atoms with Crippen molar-refractivity contribution >= 4 is 0 Å². The molecular weight excluding hydrogens is 200 g/mol. The highest BCUT2D eigenvalue weighted by Crippen LogP contribution is 2.11. The van der Waals surface area contributed by atoms with Crippen molar-refractivity contribution in [2.75, 3.05) is 6.61 Å². The van der Waals surface area contributed by atoms with E-state index >= 15 is 0 Å². The fourth-order valence-corrected chi connectivity index (χ4v) is 1.37. The molecule has 1 N–H and O–H groups in total. The second kappa shape index (κ2) is 6.14. The number of benzene rings is 1. The topological polar surface area (TPSA) is 45.0 Å². The molecule has 0 spiro atoms. The molecule has 1 aromatic rings. The van der Waals surface area contributed by atoms with E-state index in [4.69, 9.17) is 10.00 Å². The molecule has 0 radical (unpaired) electrons. The third-order valence-electron chi connectivity index (χ3n) is 2.25. The summed E-state index contributed by atoms with van der Waals surface area (Å²) in [5.74, 6) is 0.865. The van der Waals surface area contributed by atoms with E-state index in [-0.39, 0.29) is 12.1 Å². The van der Waals surface area contributed by atoms with Crippen LogP contribution in [-0.4, -0.2) is 18.7 Å².